The fourth-order valence-electron chi connectivity index (χ4n) is 3.07. The molecular weight excluding hydrogens is 304 g/mol. The Hall–Kier alpha value is -2.84. The van der Waals surface area contributed by atoms with Gasteiger partial charge in [0.15, 0.2) is 5.82 Å². The van der Waals surface area contributed by atoms with Crippen molar-refractivity contribution in [3.8, 4) is 6.07 Å². The van der Waals surface area contributed by atoms with E-state index in [0.717, 1.165) is 33.1 Å². The molecule has 2 aromatic heterocycles. The molecule has 1 aliphatic rings. The molecule has 1 aliphatic heterocycles. The zero-order valence-electron chi connectivity index (χ0n) is 12.5. The average Bonchev–Trinajstić information content (AvgIpc) is 3.25. The van der Waals surface area contributed by atoms with Crippen molar-refractivity contribution < 1.29 is 0 Å². The van der Waals surface area contributed by atoms with E-state index in [4.69, 9.17) is 0 Å². The number of thiophene rings is 1. The van der Waals surface area contributed by atoms with Crippen LogP contribution < -0.4 is 5.32 Å². The smallest absolute Gasteiger partial charge is 0.156 e. The molecule has 4 nitrogen and oxygen atoms in total. The summed E-state index contributed by atoms with van der Waals surface area (Å²) in [5.74, 6) is 0.689. The molecule has 1 atom stereocenters. The number of nitriles is 1. The van der Waals surface area contributed by atoms with Crippen molar-refractivity contribution in [1.29, 1.82) is 5.26 Å². The minimum Gasteiger partial charge on any atom is -0.336 e. The maximum absolute atomic E-state index is 9.87. The van der Waals surface area contributed by atoms with Gasteiger partial charge in [0.25, 0.3) is 0 Å². The number of benzene rings is 1. The van der Waals surface area contributed by atoms with Crippen LogP contribution in [0.4, 0.5) is 5.82 Å². The Morgan fingerprint density at radius 1 is 1.17 bits per heavy atom. The first-order chi connectivity index (χ1) is 11.3. The molecule has 0 bridgehead atoms. The van der Waals surface area contributed by atoms with Crippen molar-refractivity contribution in [2.24, 2.45) is 0 Å². The second kappa shape index (κ2) is 5.41. The zero-order valence-corrected chi connectivity index (χ0v) is 13.3. The summed E-state index contributed by atoms with van der Waals surface area (Å²) in [7, 11) is 0. The zero-order chi connectivity index (χ0) is 15.8. The number of anilines is 1. The molecule has 0 amide bonds. The number of nitrogens with zero attached hydrogens (tertiary/aromatic N) is 2. The van der Waals surface area contributed by atoms with Gasteiger partial charge in [-0.05, 0) is 29.5 Å². The summed E-state index contributed by atoms with van der Waals surface area (Å²) in [5.41, 5.74) is 4.91. The van der Waals surface area contributed by atoms with Crippen LogP contribution in [0.25, 0.3) is 5.70 Å². The van der Waals surface area contributed by atoms with E-state index in [2.05, 4.69) is 40.6 Å². The maximum atomic E-state index is 9.87. The maximum Gasteiger partial charge on any atom is 0.156 e. The van der Waals surface area contributed by atoms with Crippen LogP contribution in [0.1, 0.15) is 27.5 Å². The first kappa shape index (κ1) is 13.8. The number of rotatable bonds is 2. The van der Waals surface area contributed by atoms with E-state index < -0.39 is 0 Å². The molecule has 3 aromatic rings. The predicted octanol–water partition coefficient (Wildman–Crippen LogP) is 4.27. The Kier molecular flexibility index (Phi) is 3.25. The van der Waals surface area contributed by atoms with Crippen molar-refractivity contribution in [3.63, 3.8) is 0 Å². The Morgan fingerprint density at radius 2 is 2.04 bits per heavy atom. The molecule has 112 valence electrons. The van der Waals surface area contributed by atoms with Crippen molar-refractivity contribution >= 4 is 22.9 Å². The standard InChI is InChI=1S/C18H14N4S/c1-11-5-2-3-6-12(11)16-13(9-19)17(15-7-4-8-23-15)21-18-14(16)10-20-22-18/h2-8,10,16H,1H3,(H2,20,21,22). The highest BCUT2D eigenvalue weighted by atomic mass is 32.1. The van der Waals surface area contributed by atoms with Gasteiger partial charge < -0.3 is 5.32 Å². The third-order valence-corrected chi connectivity index (χ3v) is 5.06. The predicted molar refractivity (Wildman–Crippen MR) is 92.1 cm³/mol. The monoisotopic (exact) mass is 318 g/mol. The summed E-state index contributed by atoms with van der Waals surface area (Å²) in [5, 5.41) is 22.5. The Balaban J connectivity index is 1.98. The summed E-state index contributed by atoms with van der Waals surface area (Å²) >= 11 is 1.62. The molecule has 3 heterocycles. The first-order valence-electron chi connectivity index (χ1n) is 7.34. The van der Waals surface area contributed by atoms with E-state index in [9.17, 15) is 5.26 Å². The highest BCUT2D eigenvalue weighted by Gasteiger charge is 2.32. The Labute approximate surface area is 138 Å². The van der Waals surface area contributed by atoms with Crippen LogP contribution in [0.3, 0.4) is 0 Å². The molecule has 0 saturated carbocycles. The van der Waals surface area contributed by atoms with E-state index in [-0.39, 0.29) is 5.92 Å². The van der Waals surface area contributed by atoms with Crippen LogP contribution in [0, 0.1) is 18.3 Å². The molecule has 0 spiro atoms. The number of aryl methyl sites for hydroxylation is 1. The highest BCUT2D eigenvalue weighted by Crippen LogP contribution is 2.44. The molecule has 0 saturated heterocycles. The van der Waals surface area contributed by atoms with Gasteiger partial charge in [0.05, 0.1) is 28.1 Å². The minimum absolute atomic E-state index is 0.103. The number of aromatic nitrogens is 2. The lowest BCUT2D eigenvalue weighted by Gasteiger charge is -2.26. The van der Waals surface area contributed by atoms with Crippen molar-refractivity contribution in [1.82, 2.24) is 10.2 Å². The number of aromatic amines is 1. The number of hydrogen-bond acceptors (Lipinski definition) is 4. The largest absolute Gasteiger partial charge is 0.336 e. The summed E-state index contributed by atoms with van der Waals surface area (Å²) < 4.78 is 0. The van der Waals surface area contributed by atoms with E-state index in [1.165, 1.54) is 5.56 Å². The van der Waals surface area contributed by atoms with E-state index in [0.29, 0.717) is 0 Å². The normalized spacial score (nSPS) is 16.6. The summed E-state index contributed by atoms with van der Waals surface area (Å²) in [6, 6.07) is 14.7. The van der Waals surface area contributed by atoms with E-state index >= 15 is 0 Å². The van der Waals surface area contributed by atoms with Gasteiger partial charge in [-0.15, -0.1) is 11.3 Å². The Morgan fingerprint density at radius 3 is 2.78 bits per heavy atom. The number of fused-ring (bicyclic) bond motifs is 1. The van der Waals surface area contributed by atoms with Crippen molar-refractivity contribution in [2.75, 3.05) is 5.32 Å². The molecule has 23 heavy (non-hydrogen) atoms. The van der Waals surface area contributed by atoms with Crippen LogP contribution >= 0.6 is 11.3 Å². The van der Waals surface area contributed by atoms with Crippen LogP contribution in [0.5, 0.6) is 0 Å². The van der Waals surface area contributed by atoms with Gasteiger partial charge in [0.2, 0.25) is 0 Å². The number of nitrogens with one attached hydrogen (secondary N) is 2. The van der Waals surface area contributed by atoms with Gasteiger partial charge in [-0.3, -0.25) is 5.10 Å². The van der Waals surface area contributed by atoms with Gasteiger partial charge in [0, 0.05) is 11.8 Å². The molecule has 2 N–H and O–H groups in total. The topological polar surface area (TPSA) is 64.5 Å². The summed E-state index contributed by atoms with van der Waals surface area (Å²) in [6.45, 7) is 2.08. The summed E-state index contributed by atoms with van der Waals surface area (Å²) in [6.07, 6.45) is 1.88. The van der Waals surface area contributed by atoms with E-state index in [1.807, 2.05) is 35.8 Å². The number of hydrogen-bond donors (Lipinski definition) is 2. The van der Waals surface area contributed by atoms with Crippen LogP contribution in [-0.2, 0) is 0 Å². The van der Waals surface area contributed by atoms with Crippen molar-refractivity contribution in [3.05, 3.63) is 75.1 Å². The fraction of sp³-hybridized carbons (Fsp3) is 0.111. The molecule has 5 heteroatoms. The van der Waals surface area contributed by atoms with Gasteiger partial charge in [0.1, 0.15) is 0 Å². The van der Waals surface area contributed by atoms with Gasteiger partial charge in [-0.2, -0.15) is 10.4 Å². The van der Waals surface area contributed by atoms with E-state index in [1.54, 1.807) is 11.3 Å². The average molecular weight is 318 g/mol. The third-order valence-electron chi connectivity index (χ3n) is 4.17. The molecule has 0 aliphatic carbocycles. The lowest BCUT2D eigenvalue weighted by molar-refractivity contribution is 0.958. The fourth-order valence-corrected chi connectivity index (χ4v) is 3.81. The summed E-state index contributed by atoms with van der Waals surface area (Å²) in [4.78, 5) is 1.05. The SMILES string of the molecule is Cc1ccccc1C1C(C#N)=C(c2cccs2)Nc2n[nH]cc21. The van der Waals surface area contributed by atoms with Gasteiger partial charge in [-0.1, -0.05) is 30.3 Å². The van der Waals surface area contributed by atoms with Crippen LogP contribution in [0.2, 0.25) is 0 Å². The second-order valence-corrected chi connectivity index (χ2v) is 6.43. The van der Waals surface area contributed by atoms with Crippen LogP contribution in [0.15, 0.2) is 53.5 Å². The van der Waals surface area contributed by atoms with Gasteiger partial charge >= 0.3 is 0 Å². The lowest BCUT2D eigenvalue weighted by atomic mass is 9.81. The number of allylic oxidation sites excluding steroid dienone is 1. The highest BCUT2D eigenvalue weighted by molar-refractivity contribution is 7.11. The molecule has 1 unspecified atom stereocenters. The minimum atomic E-state index is -0.103. The third kappa shape index (κ3) is 2.16. The second-order valence-electron chi connectivity index (χ2n) is 5.48. The lowest BCUT2D eigenvalue weighted by Crippen LogP contribution is -2.17. The first-order valence-corrected chi connectivity index (χ1v) is 8.22. The Bertz CT molecular complexity index is 928. The van der Waals surface area contributed by atoms with Gasteiger partial charge in [-0.25, -0.2) is 0 Å². The molecule has 1 aromatic carbocycles. The molecular formula is C18H14N4S. The number of H-pyrrole nitrogens is 1. The van der Waals surface area contributed by atoms with Crippen LogP contribution in [-0.4, -0.2) is 10.2 Å². The quantitative estimate of drug-likeness (QED) is 0.741. The van der Waals surface area contributed by atoms with Crippen molar-refractivity contribution in [2.45, 2.75) is 12.8 Å². The molecule has 0 radical (unpaired) electrons. The molecule has 0 fully saturated rings. The molecule has 4 rings (SSSR count).